The first-order valence-corrected chi connectivity index (χ1v) is 5.21. The highest BCUT2D eigenvalue weighted by molar-refractivity contribution is 7.86. The average molecular weight is 179 g/mol. The smallest absolute Gasteiger partial charge is 0.194 e. The number of unbranched alkanes of at least 4 members (excludes halogenated alkanes) is 1. The zero-order valence-electron chi connectivity index (χ0n) is 7.00. The zero-order chi connectivity index (χ0) is 8.91. The molecule has 0 heterocycles. The Hall–Kier alpha value is -0.130. The SMILES string of the molecule is CCCCN(CC)S([NH])(=O)=O. The predicted octanol–water partition coefficient (Wildman–Crippen LogP) is 0.636. The molecule has 0 saturated heterocycles. The minimum atomic E-state index is -3.70. The molecule has 0 bridgehead atoms. The van der Waals surface area contributed by atoms with Crippen LogP contribution < -0.4 is 5.14 Å². The van der Waals surface area contributed by atoms with Gasteiger partial charge in [0.25, 0.3) is 10.2 Å². The van der Waals surface area contributed by atoms with Crippen molar-refractivity contribution in [3.05, 3.63) is 0 Å². The van der Waals surface area contributed by atoms with E-state index in [1.54, 1.807) is 6.92 Å². The van der Waals surface area contributed by atoms with Gasteiger partial charge in [-0.25, -0.2) is 0 Å². The van der Waals surface area contributed by atoms with Gasteiger partial charge in [-0.15, -0.1) is 5.14 Å². The Bertz CT molecular complexity index is 189. The van der Waals surface area contributed by atoms with Gasteiger partial charge in [0.05, 0.1) is 0 Å². The molecule has 67 valence electrons. The van der Waals surface area contributed by atoms with Gasteiger partial charge in [-0.1, -0.05) is 20.3 Å². The molecule has 0 fully saturated rings. The van der Waals surface area contributed by atoms with E-state index in [0.29, 0.717) is 13.1 Å². The Balaban J connectivity index is 3.97. The predicted molar refractivity (Wildman–Crippen MR) is 44.2 cm³/mol. The van der Waals surface area contributed by atoms with Crippen molar-refractivity contribution < 1.29 is 8.42 Å². The van der Waals surface area contributed by atoms with Gasteiger partial charge in [0, 0.05) is 13.1 Å². The molecular weight excluding hydrogens is 164 g/mol. The summed E-state index contributed by atoms with van der Waals surface area (Å²) in [4.78, 5) is 0. The van der Waals surface area contributed by atoms with E-state index in [4.69, 9.17) is 5.14 Å². The molecule has 5 heteroatoms. The summed E-state index contributed by atoms with van der Waals surface area (Å²) in [5.41, 5.74) is 0. The van der Waals surface area contributed by atoms with Crippen LogP contribution in [0.4, 0.5) is 0 Å². The Kier molecular flexibility index (Phi) is 4.63. The van der Waals surface area contributed by atoms with Crippen molar-refractivity contribution in [1.29, 1.82) is 0 Å². The summed E-state index contributed by atoms with van der Waals surface area (Å²) in [7, 11) is -3.70. The monoisotopic (exact) mass is 179 g/mol. The second-order valence-corrected chi connectivity index (χ2v) is 3.82. The molecule has 0 amide bonds. The van der Waals surface area contributed by atoms with Crippen LogP contribution >= 0.6 is 0 Å². The topological polar surface area (TPSA) is 61.2 Å². The van der Waals surface area contributed by atoms with Gasteiger partial charge >= 0.3 is 0 Å². The lowest BCUT2D eigenvalue weighted by atomic mass is 10.3. The third-order valence-electron chi connectivity index (χ3n) is 1.45. The molecule has 4 nitrogen and oxygen atoms in total. The molecule has 1 radical (unpaired) electrons. The number of rotatable bonds is 5. The molecule has 0 aromatic carbocycles. The van der Waals surface area contributed by atoms with E-state index in [9.17, 15) is 8.42 Å². The third kappa shape index (κ3) is 4.34. The fourth-order valence-corrected chi connectivity index (χ4v) is 1.49. The highest BCUT2D eigenvalue weighted by Crippen LogP contribution is 1.98. The van der Waals surface area contributed by atoms with E-state index in [-0.39, 0.29) is 0 Å². The summed E-state index contributed by atoms with van der Waals surface area (Å²) in [5.74, 6) is 0. The molecular formula is C6H15N2O2S. The third-order valence-corrected chi connectivity index (χ3v) is 2.57. The van der Waals surface area contributed by atoms with Gasteiger partial charge in [0.1, 0.15) is 0 Å². The van der Waals surface area contributed by atoms with Crippen LogP contribution in [0.5, 0.6) is 0 Å². The highest BCUT2D eigenvalue weighted by Gasteiger charge is 2.13. The van der Waals surface area contributed by atoms with Crippen LogP contribution in [0.3, 0.4) is 0 Å². The van der Waals surface area contributed by atoms with Gasteiger partial charge in [0.2, 0.25) is 0 Å². The van der Waals surface area contributed by atoms with E-state index in [2.05, 4.69) is 0 Å². The molecule has 0 aliphatic heterocycles. The van der Waals surface area contributed by atoms with Crippen molar-refractivity contribution in [2.75, 3.05) is 13.1 Å². The second kappa shape index (κ2) is 4.69. The molecule has 0 aliphatic carbocycles. The maximum atomic E-state index is 10.7. The average Bonchev–Trinajstić information content (AvgIpc) is 1.87. The fraction of sp³-hybridized carbons (Fsp3) is 1.00. The molecule has 0 aromatic heterocycles. The molecule has 0 unspecified atom stereocenters. The maximum absolute atomic E-state index is 10.7. The molecule has 0 aromatic rings. The van der Waals surface area contributed by atoms with Gasteiger partial charge < -0.3 is 0 Å². The molecule has 0 aliphatic rings. The van der Waals surface area contributed by atoms with Crippen LogP contribution in [0.15, 0.2) is 0 Å². The Morgan fingerprint density at radius 1 is 1.36 bits per heavy atom. The first-order valence-electron chi connectivity index (χ1n) is 3.77. The summed E-state index contributed by atoms with van der Waals surface area (Å²) in [6.45, 7) is 4.59. The standard InChI is InChI=1S/C6H15N2O2S/c1-3-5-6-8(4-2)11(7,9)10/h7H,3-6H2,1-2H3. The first kappa shape index (κ1) is 10.9. The lowest BCUT2D eigenvalue weighted by Gasteiger charge is -2.15. The summed E-state index contributed by atoms with van der Waals surface area (Å²) in [6, 6.07) is 0. The number of hydrogen-bond donors (Lipinski definition) is 0. The van der Waals surface area contributed by atoms with Crippen molar-refractivity contribution in [1.82, 2.24) is 9.44 Å². The minimum Gasteiger partial charge on any atom is -0.194 e. The largest absolute Gasteiger partial charge is 0.293 e. The second-order valence-electron chi connectivity index (χ2n) is 2.35. The van der Waals surface area contributed by atoms with Crippen LogP contribution in [-0.2, 0) is 10.2 Å². The van der Waals surface area contributed by atoms with Crippen LogP contribution in [0.2, 0.25) is 0 Å². The van der Waals surface area contributed by atoms with Gasteiger partial charge in [-0.3, -0.25) is 0 Å². The summed E-state index contributed by atoms with van der Waals surface area (Å²) >= 11 is 0. The first-order chi connectivity index (χ1) is 5.02. The van der Waals surface area contributed by atoms with Gasteiger partial charge in [0.15, 0.2) is 0 Å². The van der Waals surface area contributed by atoms with E-state index in [1.807, 2.05) is 6.92 Å². The van der Waals surface area contributed by atoms with Gasteiger partial charge in [-0.2, -0.15) is 12.7 Å². The molecule has 1 N–H and O–H groups in total. The summed E-state index contributed by atoms with van der Waals surface area (Å²) < 4.78 is 22.5. The summed E-state index contributed by atoms with van der Waals surface area (Å²) in [6.07, 6.45) is 1.78. The zero-order valence-corrected chi connectivity index (χ0v) is 7.82. The van der Waals surface area contributed by atoms with Crippen molar-refractivity contribution in [2.45, 2.75) is 26.7 Å². The van der Waals surface area contributed by atoms with Crippen LogP contribution in [0.1, 0.15) is 26.7 Å². The lowest BCUT2D eigenvalue weighted by molar-refractivity contribution is 0.418. The van der Waals surface area contributed by atoms with Crippen LogP contribution in [0, 0.1) is 0 Å². The van der Waals surface area contributed by atoms with Crippen LogP contribution in [-0.4, -0.2) is 25.8 Å². The number of nitrogens with one attached hydrogen (secondary N) is 1. The Morgan fingerprint density at radius 3 is 2.18 bits per heavy atom. The van der Waals surface area contributed by atoms with Gasteiger partial charge in [-0.05, 0) is 6.42 Å². The van der Waals surface area contributed by atoms with Crippen molar-refractivity contribution in [3.8, 4) is 0 Å². The van der Waals surface area contributed by atoms with Crippen molar-refractivity contribution >= 4 is 10.2 Å². The van der Waals surface area contributed by atoms with E-state index >= 15 is 0 Å². The molecule has 0 atom stereocenters. The minimum absolute atomic E-state index is 0.395. The lowest BCUT2D eigenvalue weighted by Crippen LogP contribution is -2.32. The van der Waals surface area contributed by atoms with E-state index < -0.39 is 10.2 Å². The van der Waals surface area contributed by atoms with Crippen molar-refractivity contribution in [3.63, 3.8) is 0 Å². The maximum Gasteiger partial charge on any atom is 0.293 e. The quantitative estimate of drug-likeness (QED) is 0.621. The number of nitrogens with zero attached hydrogens (tertiary/aromatic N) is 1. The Labute approximate surface area is 68.6 Å². The molecule has 0 rings (SSSR count). The number of hydrogen-bond acceptors (Lipinski definition) is 2. The molecule has 0 saturated carbocycles. The van der Waals surface area contributed by atoms with Crippen molar-refractivity contribution in [2.24, 2.45) is 0 Å². The molecule has 11 heavy (non-hydrogen) atoms. The molecule has 0 spiro atoms. The Morgan fingerprint density at radius 2 is 1.91 bits per heavy atom. The fourth-order valence-electron chi connectivity index (χ4n) is 0.783. The van der Waals surface area contributed by atoms with E-state index in [1.165, 1.54) is 0 Å². The van der Waals surface area contributed by atoms with Crippen LogP contribution in [0.25, 0.3) is 0 Å². The van der Waals surface area contributed by atoms with E-state index in [0.717, 1.165) is 17.1 Å². The normalized spacial score (nSPS) is 12.4. The summed E-state index contributed by atoms with van der Waals surface area (Å²) in [5, 5.41) is 6.77. The highest BCUT2D eigenvalue weighted by atomic mass is 32.2.